The van der Waals surface area contributed by atoms with E-state index in [9.17, 15) is 26.3 Å². The molecule has 1 aromatic carbocycles. The first kappa shape index (κ1) is 15.0. The van der Waals surface area contributed by atoms with E-state index in [1.165, 1.54) is 12.1 Å². The van der Waals surface area contributed by atoms with Gasteiger partial charge < -0.3 is 4.42 Å². The molecule has 0 N–H and O–H groups in total. The van der Waals surface area contributed by atoms with Crippen molar-refractivity contribution < 1.29 is 30.8 Å². The van der Waals surface area contributed by atoms with Gasteiger partial charge in [-0.3, -0.25) is 0 Å². The van der Waals surface area contributed by atoms with Gasteiger partial charge >= 0.3 is 12.4 Å². The van der Waals surface area contributed by atoms with E-state index in [4.69, 9.17) is 4.42 Å². The molecule has 0 saturated carbocycles. The lowest BCUT2D eigenvalue weighted by Crippen LogP contribution is -2.12. The molecule has 0 saturated heterocycles. The molecule has 0 spiro atoms. The Hall–Kier alpha value is -1.44. The summed E-state index contributed by atoms with van der Waals surface area (Å²) in [6.07, 6.45) is -8.64. The van der Waals surface area contributed by atoms with Gasteiger partial charge in [-0.2, -0.15) is 26.3 Å². The van der Waals surface area contributed by atoms with Crippen molar-refractivity contribution in [1.29, 1.82) is 0 Å². The molecular formula is C12H5BrF6O. The Kier molecular flexibility index (Phi) is 3.62. The number of alkyl halides is 6. The van der Waals surface area contributed by atoms with Gasteiger partial charge in [-0.25, -0.2) is 0 Å². The van der Waals surface area contributed by atoms with Crippen molar-refractivity contribution in [2.24, 2.45) is 0 Å². The maximum atomic E-state index is 12.8. The van der Waals surface area contributed by atoms with Crippen LogP contribution in [0.2, 0.25) is 0 Å². The van der Waals surface area contributed by atoms with Gasteiger partial charge in [0.2, 0.25) is 0 Å². The molecule has 2 rings (SSSR count). The van der Waals surface area contributed by atoms with Gasteiger partial charge in [0, 0.05) is 10.0 Å². The molecule has 1 aromatic heterocycles. The quantitative estimate of drug-likeness (QED) is 0.592. The normalized spacial score (nSPS) is 12.8. The molecule has 0 aliphatic carbocycles. The third-order valence-electron chi connectivity index (χ3n) is 2.49. The van der Waals surface area contributed by atoms with Crippen LogP contribution >= 0.6 is 15.9 Å². The lowest BCUT2D eigenvalue weighted by molar-refractivity contribution is -0.143. The Morgan fingerprint density at radius 1 is 0.950 bits per heavy atom. The molecule has 1 heterocycles. The van der Waals surface area contributed by atoms with Crippen LogP contribution in [0.3, 0.4) is 0 Å². The zero-order chi connectivity index (χ0) is 15.1. The molecule has 2 aromatic rings. The van der Waals surface area contributed by atoms with Crippen molar-refractivity contribution in [3.63, 3.8) is 0 Å². The molecule has 0 amide bonds. The monoisotopic (exact) mass is 358 g/mol. The van der Waals surface area contributed by atoms with Gasteiger partial charge in [-0.1, -0.05) is 0 Å². The Labute approximate surface area is 117 Å². The first-order valence-corrected chi connectivity index (χ1v) is 5.92. The van der Waals surface area contributed by atoms with E-state index < -0.39 is 28.0 Å². The molecule has 0 fully saturated rings. The smallest absolute Gasteiger partial charge is 0.417 e. The highest BCUT2D eigenvalue weighted by atomic mass is 79.9. The number of hydrogen-bond acceptors (Lipinski definition) is 1. The third-order valence-corrected chi connectivity index (χ3v) is 3.35. The molecule has 0 unspecified atom stereocenters. The first-order chi connectivity index (χ1) is 9.10. The minimum absolute atomic E-state index is 0.0660. The number of benzene rings is 1. The Morgan fingerprint density at radius 3 is 2.05 bits per heavy atom. The van der Waals surface area contributed by atoms with E-state index in [1.807, 2.05) is 0 Å². The van der Waals surface area contributed by atoms with E-state index in [0.29, 0.717) is 6.07 Å². The fourth-order valence-corrected chi connectivity index (χ4v) is 2.25. The van der Waals surface area contributed by atoms with Crippen LogP contribution in [0.5, 0.6) is 0 Å². The summed E-state index contributed by atoms with van der Waals surface area (Å²) in [5, 5.41) is 0. The standard InChI is InChI=1S/C12H5BrF6O/c13-10-7(9-2-1-3-20-9)4-6(11(14,15)16)5-8(10)12(17,18)19/h1-5H. The van der Waals surface area contributed by atoms with Gasteiger partial charge in [-0.15, -0.1) is 0 Å². The Balaban J connectivity index is 2.75. The molecule has 0 aliphatic heterocycles. The predicted molar refractivity (Wildman–Crippen MR) is 61.8 cm³/mol. The fraction of sp³-hybridized carbons (Fsp3) is 0.167. The summed E-state index contributed by atoms with van der Waals surface area (Å²) in [7, 11) is 0. The van der Waals surface area contributed by atoms with Gasteiger partial charge in [0.1, 0.15) is 5.76 Å². The van der Waals surface area contributed by atoms with Crippen LogP contribution < -0.4 is 0 Å². The second-order valence-electron chi connectivity index (χ2n) is 3.86. The Bertz CT molecular complexity index is 612. The number of furan rings is 1. The molecule has 8 heteroatoms. The molecular weight excluding hydrogens is 354 g/mol. The van der Waals surface area contributed by atoms with Crippen LogP contribution in [-0.2, 0) is 12.4 Å². The summed E-state index contributed by atoms with van der Waals surface area (Å²) >= 11 is 2.69. The van der Waals surface area contributed by atoms with Gasteiger partial charge in [0.25, 0.3) is 0 Å². The summed E-state index contributed by atoms with van der Waals surface area (Å²) in [4.78, 5) is 0. The molecule has 0 bridgehead atoms. The van der Waals surface area contributed by atoms with Crippen molar-refractivity contribution in [1.82, 2.24) is 0 Å². The van der Waals surface area contributed by atoms with Gasteiger partial charge in [0.15, 0.2) is 0 Å². The summed E-state index contributed by atoms with van der Waals surface area (Å²) < 4.78 is 80.9. The minimum Gasteiger partial charge on any atom is -0.464 e. The highest BCUT2D eigenvalue weighted by Gasteiger charge is 2.39. The van der Waals surface area contributed by atoms with Gasteiger partial charge in [0.05, 0.1) is 17.4 Å². The van der Waals surface area contributed by atoms with E-state index in [2.05, 4.69) is 15.9 Å². The van der Waals surface area contributed by atoms with E-state index in [1.54, 1.807) is 0 Å². The summed E-state index contributed by atoms with van der Waals surface area (Å²) in [6.45, 7) is 0. The van der Waals surface area contributed by atoms with Crippen LogP contribution in [0.4, 0.5) is 26.3 Å². The summed E-state index contributed by atoms with van der Waals surface area (Å²) in [5.41, 5.74) is -3.10. The first-order valence-electron chi connectivity index (χ1n) is 5.12. The molecule has 1 nitrogen and oxygen atoms in total. The molecule has 0 atom stereocenters. The largest absolute Gasteiger partial charge is 0.464 e. The lowest BCUT2D eigenvalue weighted by atomic mass is 10.0. The maximum absolute atomic E-state index is 12.8. The molecule has 0 aliphatic rings. The van der Waals surface area contributed by atoms with Crippen molar-refractivity contribution in [3.8, 4) is 11.3 Å². The van der Waals surface area contributed by atoms with Crippen molar-refractivity contribution >= 4 is 15.9 Å². The number of rotatable bonds is 1. The van der Waals surface area contributed by atoms with E-state index in [0.717, 1.165) is 6.26 Å². The van der Waals surface area contributed by atoms with Crippen LogP contribution in [0.25, 0.3) is 11.3 Å². The summed E-state index contributed by atoms with van der Waals surface area (Å²) in [5.74, 6) is -0.0894. The molecule has 108 valence electrons. The highest BCUT2D eigenvalue weighted by Crippen LogP contribution is 2.44. The average molecular weight is 359 g/mol. The van der Waals surface area contributed by atoms with Crippen LogP contribution in [-0.4, -0.2) is 0 Å². The van der Waals surface area contributed by atoms with Crippen LogP contribution in [0.1, 0.15) is 11.1 Å². The van der Waals surface area contributed by atoms with Crippen molar-refractivity contribution in [3.05, 3.63) is 46.1 Å². The van der Waals surface area contributed by atoms with Crippen LogP contribution in [0.15, 0.2) is 39.4 Å². The van der Waals surface area contributed by atoms with E-state index in [-0.39, 0.29) is 17.4 Å². The van der Waals surface area contributed by atoms with Gasteiger partial charge in [-0.05, 0) is 40.2 Å². The second kappa shape index (κ2) is 4.83. The molecule has 20 heavy (non-hydrogen) atoms. The number of halogens is 7. The third kappa shape index (κ3) is 2.84. The minimum atomic E-state index is -4.92. The summed E-state index contributed by atoms with van der Waals surface area (Å²) in [6, 6.07) is 3.32. The SMILES string of the molecule is FC(F)(F)c1cc(-c2ccco2)c(Br)c(C(F)(F)F)c1. The fourth-order valence-electron chi connectivity index (χ4n) is 1.61. The maximum Gasteiger partial charge on any atom is 0.417 e. The zero-order valence-electron chi connectivity index (χ0n) is 9.44. The van der Waals surface area contributed by atoms with E-state index >= 15 is 0 Å². The topological polar surface area (TPSA) is 13.1 Å². The predicted octanol–water partition coefficient (Wildman–Crippen LogP) is 5.75. The number of hydrogen-bond donors (Lipinski definition) is 0. The zero-order valence-corrected chi connectivity index (χ0v) is 11.0. The molecule has 0 radical (unpaired) electrons. The van der Waals surface area contributed by atoms with Crippen molar-refractivity contribution in [2.75, 3.05) is 0 Å². The highest BCUT2D eigenvalue weighted by molar-refractivity contribution is 9.10. The average Bonchev–Trinajstić information content (AvgIpc) is 2.79. The lowest BCUT2D eigenvalue weighted by Gasteiger charge is -2.16. The second-order valence-corrected chi connectivity index (χ2v) is 4.65. The van der Waals surface area contributed by atoms with Crippen molar-refractivity contribution in [2.45, 2.75) is 12.4 Å². The Morgan fingerprint density at radius 2 is 1.60 bits per heavy atom. The van der Waals surface area contributed by atoms with Crippen LogP contribution in [0, 0.1) is 0 Å².